The van der Waals surface area contributed by atoms with E-state index in [1.807, 2.05) is 31.1 Å². The average Bonchev–Trinajstić information content (AvgIpc) is 2.84. The Morgan fingerprint density at radius 1 is 1.00 bits per heavy atom. The molecule has 0 fully saturated rings. The van der Waals surface area contributed by atoms with Gasteiger partial charge in [0.05, 0.1) is 11.8 Å². The number of carbonyl (C=O) groups excluding carboxylic acids is 2. The van der Waals surface area contributed by atoms with Crippen LogP contribution in [-0.2, 0) is 0 Å². The van der Waals surface area contributed by atoms with E-state index in [2.05, 4.69) is 0 Å². The van der Waals surface area contributed by atoms with E-state index in [1.165, 1.54) is 0 Å². The first-order chi connectivity index (χ1) is 11.9. The van der Waals surface area contributed by atoms with Crippen molar-refractivity contribution >= 4 is 17.3 Å². The smallest absolute Gasteiger partial charge is 0.211 e. The highest BCUT2D eigenvalue weighted by atomic mass is 16.6. The fraction of sp³-hybridized carbons (Fsp3) is 0.263. The van der Waals surface area contributed by atoms with Crippen molar-refractivity contribution < 1.29 is 14.5 Å². The lowest BCUT2D eigenvalue weighted by Crippen LogP contribution is -2.29. The van der Waals surface area contributed by atoms with Crippen LogP contribution in [0.4, 0.5) is 5.69 Å². The molecule has 0 aliphatic heterocycles. The number of nitro groups is 1. The van der Waals surface area contributed by atoms with E-state index in [4.69, 9.17) is 0 Å². The third-order valence-corrected chi connectivity index (χ3v) is 4.61. The lowest BCUT2D eigenvalue weighted by molar-refractivity contribution is -0.484. The Morgan fingerprint density at radius 2 is 1.52 bits per heavy atom. The van der Waals surface area contributed by atoms with Gasteiger partial charge in [-0.2, -0.15) is 0 Å². The van der Waals surface area contributed by atoms with E-state index in [0.717, 1.165) is 5.69 Å². The molecule has 0 heterocycles. The number of hydrogen-bond donors (Lipinski definition) is 0. The molecule has 1 atom stereocenters. The summed E-state index contributed by atoms with van der Waals surface area (Å²) in [6.45, 7) is -0.461. The Balaban J connectivity index is 2.01. The molecular formula is C19H18N2O4. The zero-order chi connectivity index (χ0) is 18.1. The Bertz CT molecular complexity index is 808. The minimum atomic E-state index is -1.03. The van der Waals surface area contributed by atoms with Crippen LogP contribution in [0.25, 0.3) is 0 Å². The molecular weight excluding hydrogens is 320 g/mol. The quantitative estimate of drug-likeness (QED) is 0.476. The third kappa shape index (κ3) is 3.03. The van der Waals surface area contributed by atoms with Crippen molar-refractivity contribution in [2.24, 2.45) is 5.92 Å². The van der Waals surface area contributed by atoms with Gasteiger partial charge in [-0.15, -0.1) is 0 Å². The Morgan fingerprint density at radius 3 is 1.96 bits per heavy atom. The second-order valence-corrected chi connectivity index (χ2v) is 6.36. The van der Waals surface area contributed by atoms with Crippen LogP contribution in [0.1, 0.15) is 32.2 Å². The standard InChI is InChI=1S/C19H18N2O4/c1-20(2)13-9-7-12(8-10-13)16(11-21(24)25)17-18(22)14-5-3-4-6-15(14)19(17)23/h3-10,16-17H,11H2,1-2H3. The molecule has 2 aromatic carbocycles. The number of benzene rings is 2. The molecule has 25 heavy (non-hydrogen) atoms. The van der Waals surface area contributed by atoms with Gasteiger partial charge in [-0.3, -0.25) is 19.7 Å². The maximum atomic E-state index is 12.7. The average molecular weight is 338 g/mol. The molecule has 0 spiro atoms. The SMILES string of the molecule is CN(C)c1ccc(C(C[N+](=O)[O-])C2C(=O)c3ccccc3C2=O)cc1. The van der Waals surface area contributed by atoms with Crippen LogP contribution >= 0.6 is 0 Å². The number of rotatable bonds is 5. The Hall–Kier alpha value is -3.02. The molecule has 0 saturated heterocycles. The van der Waals surface area contributed by atoms with Crippen molar-refractivity contribution in [3.63, 3.8) is 0 Å². The maximum Gasteiger partial charge on any atom is 0.211 e. The van der Waals surface area contributed by atoms with E-state index in [0.29, 0.717) is 16.7 Å². The van der Waals surface area contributed by atoms with E-state index in [-0.39, 0.29) is 11.6 Å². The largest absolute Gasteiger partial charge is 0.378 e. The number of nitrogens with zero attached hydrogens (tertiary/aromatic N) is 2. The predicted molar refractivity (Wildman–Crippen MR) is 94.0 cm³/mol. The van der Waals surface area contributed by atoms with Gasteiger partial charge in [0.2, 0.25) is 6.54 Å². The van der Waals surface area contributed by atoms with E-state index in [9.17, 15) is 19.7 Å². The summed E-state index contributed by atoms with van der Waals surface area (Å²) in [6, 6.07) is 13.8. The molecule has 0 saturated carbocycles. The summed E-state index contributed by atoms with van der Waals surface area (Å²) in [5.41, 5.74) is 2.28. The predicted octanol–water partition coefficient (Wildman–Crippen LogP) is 2.81. The van der Waals surface area contributed by atoms with Crippen molar-refractivity contribution in [2.75, 3.05) is 25.5 Å². The fourth-order valence-corrected chi connectivity index (χ4v) is 3.32. The topological polar surface area (TPSA) is 80.5 Å². The Kier molecular flexibility index (Phi) is 4.35. The van der Waals surface area contributed by atoms with Gasteiger partial charge >= 0.3 is 0 Å². The summed E-state index contributed by atoms with van der Waals surface area (Å²) in [6.07, 6.45) is 0. The van der Waals surface area contributed by atoms with Gasteiger partial charge in [0.25, 0.3) is 0 Å². The molecule has 2 aromatic rings. The number of fused-ring (bicyclic) bond motifs is 1. The van der Waals surface area contributed by atoms with Crippen LogP contribution in [0.5, 0.6) is 0 Å². The normalized spacial score (nSPS) is 15.1. The van der Waals surface area contributed by atoms with Crippen molar-refractivity contribution in [1.29, 1.82) is 0 Å². The number of ketones is 2. The lowest BCUT2D eigenvalue weighted by atomic mass is 9.82. The molecule has 1 unspecified atom stereocenters. The van der Waals surface area contributed by atoms with Crippen LogP contribution in [0.3, 0.4) is 0 Å². The second-order valence-electron chi connectivity index (χ2n) is 6.36. The summed E-state index contributed by atoms with van der Waals surface area (Å²) in [7, 11) is 3.79. The first kappa shape index (κ1) is 16.8. The van der Waals surface area contributed by atoms with Crippen LogP contribution in [0.2, 0.25) is 0 Å². The van der Waals surface area contributed by atoms with Crippen LogP contribution in [-0.4, -0.2) is 37.1 Å². The van der Waals surface area contributed by atoms with Crippen LogP contribution in [0.15, 0.2) is 48.5 Å². The van der Waals surface area contributed by atoms with Gasteiger partial charge in [-0.05, 0) is 17.7 Å². The van der Waals surface area contributed by atoms with Gasteiger partial charge in [0.15, 0.2) is 11.6 Å². The maximum absolute atomic E-state index is 12.7. The number of hydrogen-bond acceptors (Lipinski definition) is 5. The summed E-state index contributed by atoms with van der Waals surface area (Å²) in [4.78, 5) is 38.1. The molecule has 0 bridgehead atoms. The van der Waals surface area contributed by atoms with Gasteiger partial charge < -0.3 is 4.90 Å². The third-order valence-electron chi connectivity index (χ3n) is 4.61. The molecule has 1 aliphatic carbocycles. The molecule has 1 aliphatic rings. The summed E-state index contributed by atoms with van der Waals surface area (Å²) in [5.74, 6) is -2.47. The summed E-state index contributed by atoms with van der Waals surface area (Å²) >= 11 is 0. The highest BCUT2D eigenvalue weighted by molar-refractivity contribution is 6.26. The minimum absolute atomic E-state index is 0.330. The van der Waals surface area contributed by atoms with Crippen molar-refractivity contribution in [2.45, 2.75) is 5.92 Å². The molecule has 3 rings (SSSR count). The first-order valence-corrected chi connectivity index (χ1v) is 7.96. The monoisotopic (exact) mass is 338 g/mol. The van der Waals surface area contributed by atoms with Crippen LogP contribution in [0, 0.1) is 16.0 Å². The summed E-state index contributed by atoms with van der Waals surface area (Å²) < 4.78 is 0. The fourth-order valence-electron chi connectivity index (χ4n) is 3.32. The molecule has 0 aromatic heterocycles. The molecule has 6 heteroatoms. The molecule has 0 amide bonds. The lowest BCUT2D eigenvalue weighted by Gasteiger charge is -2.19. The van der Waals surface area contributed by atoms with Crippen molar-refractivity contribution in [3.05, 3.63) is 75.3 Å². The molecule has 6 nitrogen and oxygen atoms in total. The number of anilines is 1. The second kappa shape index (κ2) is 6.47. The van der Waals surface area contributed by atoms with E-state index in [1.54, 1.807) is 36.4 Å². The summed E-state index contributed by atoms with van der Waals surface area (Å²) in [5, 5.41) is 11.2. The van der Waals surface area contributed by atoms with Gasteiger partial charge in [-0.1, -0.05) is 36.4 Å². The zero-order valence-electron chi connectivity index (χ0n) is 14.0. The number of carbonyl (C=O) groups is 2. The van der Waals surface area contributed by atoms with E-state index < -0.39 is 23.3 Å². The first-order valence-electron chi connectivity index (χ1n) is 7.96. The van der Waals surface area contributed by atoms with Crippen LogP contribution < -0.4 is 4.90 Å². The van der Waals surface area contributed by atoms with Crippen molar-refractivity contribution in [3.8, 4) is 0 Å². The zero-order valence-corrected chi connectivity index (χ0v) is 14.0. The molecule has 128 valence electrons. The minimum Gasteiger partial charge on any atom is -0.378 e. The number of Topliss-reactive ketones (excluding diaryl/α,β-unsaturated/α-hetero) is 2. The molecule has 0 N–H and O–H groups in total. The van der Waals surface area contributed by atoms with E-state index >= 15 is 0 Å². The van der Waals surface area contributed by atoms with Gasteiger partial charge in [0.1, 0.15) is 0 Å². The molecule has 0 radical (unpaired) electrons. The Labute approximate surface area is 145 Å². The highest BCUT2D eigenvalue weighted by Gasteiger charge is 2.45. The highest BCUT2D eigenvalue weighted by Crippen LogP contribution is 2.37. The van der Waals surface area contributed by atoms with Gasteiger partial charge in [-0.25, -0.2) is 0 Å². The van der Waals surface area contributed by atoms with Crippen molar-refractivity contribution in [1.82, 2.24) is 0 Å². The van der Waals surface area contributed by atoms with Gasteiger partial charge in [0, 0.05) is 35.8 Å².